The van der Waals surface area contributed by atoms with Crippen LogP contribution in [0.5, 0.6) is 0 Å². The van der Waals surface area contributed by atoms with Crippen LogP contribution in [0.1, 0.15) is 56.0 Å². The molecule has 1 unspecified atom stereocenters. The predicted molar refractivity (Wildman–Crippen MR) is 110 cm³/mol. The smallest absolute Gasteiger partial charge is 0.255 e. The molecule has 1 N–H and O–H groups in total. The summed E-state index contributed by atoms with van der Waals surface area (Å²) in [5.41, 5.74) is 3.05. The maximum Gasteiger partial charge on any atom is 0.255 e. The van der Waals surface area contributed by atoms with Crippen molar-refractivity contribution in [1.82, 2.24) is 15.1 Å². The van der Waals surface area contributed by atoms with Crippen molar-refractivity contribution in [2.45, 2.75) is 44.8 Å². The van der Waals surface area contributed by atoms with Gasteiger partial charge < -0.3 is 9.80 Å². The molecule has 1 aromatic heterocycles. The number of hydrogen-bond donors (Lipinski definition) is 1. The molecular weight excluding hydrogens is 402 g/mol. The summed E-state index contributed by atoms with van der Waals surface area (Å²) in [7, 11) is 0. The van der Waals surface area contributed by atoms with Gasteiger partial charge in [0.15, 0.2) is 0 Å². The van der Waals surface area contributed by atoms with Crippen LogP contribution in [0.2, 0.25) is 0 Å². The molecule has 3 aliphatic rings. The number of piperidine rings is 1. The van der Waals surface area contributed by atoms with Crippen LogP contribution in [-0.2, 0) is 29.1 Å². The van der Waals surface area contributed by atoms with Gasteiger partial charge in [-0.3, -0.25) is 24.5 Å². The average molecular weight is 423 g/mol. The van der Waals surface area contributed by atoms with Crippen molar-refractivity contribution in [3.05, 3.63) is 56.8 Å². The number of nitrogens with one attached hydrogen (secondary N) is 1. The summed E-state index contributed by atoms with van der Waals surface area (Å²) in [5, 5.41) is 4.38. The summed E-state index contributed by atoms with van der Waals surface area (Å²) in [6, 6.07) is 6.60. The van der Waals surface area contributed by atoms with Crippen LogP contribution in [0.3, 0.4) is 0 Å². The maximum atomic E-state index is 13.2. The minimum atomic E-state index is -0.649. The summed E-state index contributed by atoms with van der Waals surface area (Å²) in [6.45, 7) is 1.59. The quantitative estimate of drug-likeness (QED) is 0.750. The van der Waals surface area contributed by atoms with Gasteiger partial charge >= 0.3 is 0 Å². The van der Waals surface area contributed by atoms with Crippen molar-refractivity contribution in [3.63, 3.8) is 0 Å². The first-order chi connectivity index (χ1) is 14.5. The van der Waals surface area contributed by atoms with Crippen LogP contribution in [0, 0.1) is 0 Å². The number of nitrogens with zero attached hydrogens (tertiary/aromatic N) is 2. The zero-order valence-electron chi connectivity index (χ0n) is 16.3. The van der Waals surface area contributed by atoms with E-state index >= 15 is 0 Å². The third-order valence-corrected chi connectivity index (χ3v) is 7.11. The number of benzene rings is 1. The lowest BCUT2D eigenvalue weighted by Crippen LogP contribution is -2.52. The molecule has 0 radical (unpaired) electrons. The fourth-order valence-corrected chi connectivity index (χ4v) is 5.45. The molecule has 154 valence electrons. The lowest BCUT2D eigenvalue weighted by molar-refractivity contribution is -0.136. The van der Waals surface area contributed by atoms with Gasteiger partial charge in [-0.15, -0.1) is 11.3 Å². The second-order valence-electron chi connectivity index (χ2n) is 7.97. The average Bonchev–Trinajstić information content (AvgIpc) is 3.24. The fourth-order valence-electron chi connectivity index (χ4n) is 4.51. The Hall–Kier alpha value is -3.00. The molecule has 0 spiro atoms. The molecule has 2 aromatic rings. The monoisotopic (exact) mass is 423 g/mol. The SMILES string of the molecule is O=C1CCC(N2Cc3cc(C(=O)N4CCCc5sccc5C4)ccc3C2=O)C(=O)N1. The van der Waals surface area contributed by atoms with E-state index in [1.807, 2.05) is 4.90 Å². The summed E-state index contributed by atoms with van der Waals surface area (Å²) >= 11 is 1.74. The van der Waals surface area contributed by atoms with E-state index in [4.69, 9.17) is 0 Å². The molecule has 0 aliphatic carbocycles. The van der Waals surface area contributed by atoms with Crippen LogP contribution in [0.15, 0.2) is 29.6 Å². The number of amides is 4. The van der Waals surface area contributed by atoms with E-state index in [9.17, 15) is 19.2 Å². The third-order valence-electron chi connectivity index (χ3n) is 6.09. The fraction of sp³-hybridized carbons (Fsp3) is 0.364. The van der Waals surface area contributed by atoms with Crippen molar-refractivity contribution < 1.29 is 19.2 Å². The zero-order valence-corrected chi connectivity index (χ0v) is 17.2. The number of imide groups is 1. The standard InChI is InChI=1S/C22H21N3O4S/c26-19-6-5-17(20(27)23-19)25-12-15-10-13(3-4-16(15)22(25)29)21(28)24-8-1-2-18-14(11-24)7-9-30-18/h3-4,7,9-10,17H,1-2,5-6,8,11-12H2,(H,23,26,27). The third kappa shape index (κ3) is 3.21. The van der Waals surface area contributed by atoms with E-state index < -0.39 is 11.9 Å². The van der Waals surface area contributed by atoms with Gasteiger partial charge in [0.2, 0.25) is 11.8 Å². The lowest BCUT2D eigenvalue weighted by Gasteiger charge is -2.29. The highest BCUT2D eigenvalue weighted by Crippen LogP contribution is 2.29. The van der Waals surface area contributed by atoms with E-state index in [0.717, 1.165) is 18.4 Å². The van der Waals surface area contributed by atoms with Crippen molar-refractivity contribution in [1.29, 1.82) is 0 Å². The zero-order chi connectivity index (χ0) is 20.8. The molecule has 3 aliphatic heterocycles. The van der Waals surface area contributed by atoms with Crippen molar-refractivity contribution in [3.8, 4) is 0 Å². The van der Waals surface area contributed by atoms with Gasteiger partial charge in [-0.2, -0.15) is 0 Å². The summed E-state index contributed by atoms with van der Waals surface area (Å²) in [6.07, 6.45) is 2.48. The predicted octanol–water partition coefficient (Wildman–Crippen LogP) is 2.10. The van der Waals surface area contributed by atoms with E-state index in [-0.39, 0.29) is 30.7 Å². The van der Waals surface area contributed by atoms with E-state index in [0.29, 0.717) is 30.6 Å². The highest BCUT2D eigenvalue weighted by molar-refractivity contribution is 7.10. The number of aryl methyl sites for hydroxylation is 1. The molecule has 0 saturated carbocycles. The molecule has 5 rings (SSSR count). The van der Waals surface area contributed by atoms with Gasteiger partial charge in [-0.1, -0.05) is 0 Å². The Labute approximate surface area is 177 Å². The second-order valence-corrected chi connectivity index (χ2v) is 8.97. The molecule has 4 heterocycles. The summed E-state index contributed by atoms with van der Waals surface area (Å²) in [4.78, 5) is 54.3. The van der Waals surface area contributed by atoms with E-state index in [1.165, 1.54) is 15.3 Å². The molecule has 8 heteroatoms. The maximum absolute atomic E-state index is 13.2. The number of fused-ring (bicyclic) bond motifs is 2. The highest BCUT2D eigenvalue weighted by atomic mass is 32.1. The van der Waals surface area contributed by atoms with Crippen LogP contribution in [-0.4, -0.2) is 46.0 Å². The highest BCUT2D eigenvalue weighted by Gasteiger charge is 2.39. The molecule has 7 nitrogen and oxygen atoms in total. The Morgan fingerprint density at radius 2 is 1.93 bits per heavy atom. The normalized spacial score (nSPS) is 21.2. The first-order valence-corrected chi connectivity index (χ1v) is 11.0. The molecule has 1 saturated heterocycles. The van der Waals surface area contributed by atoms with Gasteiger partial charge in [-0.05, 0) is 60.0 Å². The Morgan fingerprint density at radius 3 is 2.77 bits per heavy atom. The number of carbonyl (C=O) groups excluding carboxylic acids is 4. The van der Waals surface area contributed by atoms with Crippen molar-refractivity contribution in [2.75, 3.05) is 6.54 Å². The topological polar surface area (TPSA) is 86.8 Å². The lowest BCUT2D eigenvalue weighted by atomic mass is 10.0. The van der Waals surface area contributed by atoms with Crippen molar-refractivity contribution >= 4 is 35.0 Å². The number of rotatable bonds is 2. The molecule has 0 bridgehead atoms. The minimum absolute atomic E-state index is 0.0382. The Bertz CT molecular complexity index is 1080. The largest absolute Gasteiger partial charge is 0.334 e. The Kier molecular flexibility index (Phi) is 4.66. The molecule has 1 atom stereocenters. The molecular formula is C22H21N3O4S. The minimum Gasteiger partial charge on any atom is -0.334 e. The molecule has 1 fully saturated rings. The second kappa shape index (κ2) is 7.36. The van der Waals surface area contributed by atoms with Gasteiger partial charge in [0, 0.05) is 42.1 Å². The Balaban J connectivity index is 1.36. The summed E-state index contributed by atoms with van der Waals surface area (Å²) < 4.78 is 0. The molecule has 4 amide bonds. The van der Waals surface area contributed by atoms with Crippen LogP contribution >= 0.6 is 11.3 Å². The first kappa shape index (κ1) is 19.0. The van der Waals surface area contributed by atoms with Crippen molar-refractivity contribution in [2.24, 2.45) is 0 Å². The Morgan fingerprint density at radius 1 is 1.07 bits per heavy atom. The number of hydrogen-bond acceptors (Lipinski definition) is 5. The van der Waals surface area contributed by atoms with Gasteiger partial charge in [0.25, 0.3) is 11.8 Å². The van der Waals surface area contributed by atoms with E-state index in [2.05, 4.69) is 16.8 Å². The van der Waals surface area contributed by atoms with Crippen LogP contribution < -0.4 is 5.32 Å². The first-order valence-electron chi connectivity index (χ1n) is 10.1. The number of carbonyl (C=O) groups is 4. The van der Waals surface area contributed by atoms with Gasteiger partial charge in [0.1, 0.15) is 6.04 Å². The van der Waals surface area contributed by atoms with Crippen LogP contribution in [0.25, 0.3) is 0 Å². The molecule has 30 heavy (non-hydrogen) atoms. The molecule has 1 aromatic carbocycles. The van der Waals surface area contributed by atoms with Gasteiger partial charge in [0.05, 0.1) is 0 Å². The van der Waals surface area contributed by atoms with Crippen LogP contribution in [0.4, 0.5) is 0 Å². The number of thiophene rings is 1. The summed E-state index contributed by atoms with van der Waals surface area (Å²) in [5.74, 6) is -1.00. The van der Waals surface area contributed by atoms with E-state index in [1.54, 1.807) is 29.5 Å². The van der Waals surface area contributed by atoms with Gasteiger partial charge in [-0.25, -0.2) is 0 Å².